The van der Waals surface area contributed by atoms with E-state index in [4.69, 9.17) is 14.6 Å². The van der Waals surface area contributed by atoms with E-state index >= 15 is 0 Å². The highest BCUT2D eigenvalue weighted by atomic mass is 19.1. The van der Waals surface area contributed by atoms with Gasteiger partial charge in [0.25, 0.3) is 0 Å². The quantitative estimate of drug-likeness (QED) is 0.823. The van der Waals surface area contributed by atoms with Crippen LogP contribution in [0.1, 0.15) is 6.92 Å². The van der Waals surface area contributed by atoms with Crippen LogP contribution in [-0.4, -0.2) is 37.4 Å². The minimum atomic E-state index is -0.908. The highest BCUT2D eigenvalue weighted by Crippen LogP contribution is 2.29. The minimum absolute atomic E-state index is 0.175. The monoisotopic (exact) mass is 269 g/mol. The van der Waals surface area contributed by atoms with Gasteiger partial charge in [-0.05, 0) is 19.1 Å². The fraction of sp³-hybridized carbons (Fsp3) is 0.462. The zero-order valence-corrected chi connectivity index (χ0v) is 10.6. The molecule has 0 atom stereocenters. The maximum Gasteiger partial charge on any atom is 0.316 e. The van der Waals surface area contributed by atoms with E-state index < -0.39 is 17.2 Å². The number of benzene rings is 1. The summed E-state index contributed by atoms with van der Waals surface area (Å²) in [5.41, 5.74) is -0.386. The van der Waals surface area contributed by atoms with Crippen molar-refractivity contribution < 1.29 is 23.8 Å². The lowest BCUT2D eigenvalue weighted by Gasteiger charge is -2.37. The Kier molecular flexibility index (Phi) is 3.90. The van der Waals surface area contributed by atoms with Crippen molar-refractivity contribution in [2.24, 2.45) is 5.41 Å². The number of hydrogen-bond donors (Lipinski definition) is 2. The summed E-state index contributed by atoms with van der Waals surface area (Å²) in [6.45, 7) is 2.72. The second kappa shape index (κ2) is 5.44. The third-order valence-electron chi connectivity index (χ3n) is 3.07. The number of anilines is 1. The zero-order chi connectivity index (χ0) is 13.9. The third kappa shape index (κ3) is 2.78. The number of carboxylic acid groups (broad SMARTS) is 1. The molecule has 5 nitrogen and oxygen atoms in total. The summed E-state index contributed by atoms with van der Waals surface area (Å²) in [6.07, 6.45) is 0. The van der Waals surface area contributed by atoms with Crippen LogP contribution in [-0.2, 0) is 9.53 Å². The zero-order valence-electron chi connectivity index (χ0n) is 10.6. The van der Waals surface area contributed by atoms with Crippen molar-refractivity contribution in [3.63, 3.8) is 0 Å². The SMILES string of the molecule is CCOc1ccc(NCC2(C(=O)O)COC2)cc1F. The average molecular weight is 269 g/mol. The van der Waals surface area contributed by atoms with E-state index in [1.54, 1.807) is 13.0 Å². The number of carbonyl (C=O) groups is 1. The van der Waals surface area contributed by atoms with Crippen molar-refractivity contribution >= 4 is 11.7 Å². The van der Waals surface area contributed by atoms with E-state index in [1.165, 1.54) is 12.1 Å². The Morgan fingerprint density at radius 1 is 1.58 bits per heavy atom. The average Bonchev–Trinajstić information content (AvgIpc) is 2.31. The van der Waals surface area contributed by atoms with Crippen molar-refractivity contribution in [1.29, 1.82) is 0 Å². The summed E-state index contributed by atoms with van der Waals surface area (Å²) in [5.74, 6) is -1.19. The highest BCUT2D eigenvalue weighted by molar-refractivity contribution is 5.77. The van der Waals surface area contributed by atoms with Gasteiger partial charge in [-0.1, -0.05) is 0 Å². The molecule has 0 amide bonds. The van der Waals surface area contributed by atoms with Crippen molar-refractivity contribution in [3.05, 3.63) is 24.0 Å². The number of halogens is 1. The maximum absolute atomic E-state index is 13.6. The Morgan fingerprint density at radius 3 is 2.79 bits per heavy atom. The summed E-state index contributed by atoms with van der Waals surface area (Å²) in [6, 6.07) is 4.47. The molecule has 0 radical (unpaired) electrons. The summed E-state index contributed by atoms with van der Waals surface area (Å²) < 4.78 is 23.6. The van der Waals surface area contributed by atoms with Crippen molar-refractivity contribution in [3.8, 4) is 5.75 Å². The van der Waals surface area contributed by atoms with Crippen molar-refractivity contribution in [2.45, 2.75) is 6.92 Å². The molecule has 104 valence electrons. The van der Waals surface area contributed by atoms with Crippen LogP contribution >= 0.6 is 0 Å². The summed E-state index contributed by atoms with van der Waals surface area (Å²) in [4.78, 5) is 11.1. The van der Waals surface area contributed by atoms with Crippen LogP contribution in [0.2, 0.25) is 0 Å². The molecule has 1 saturated heterocycles. The first kappa shape index (κ1) is 13.6. The molecule has 19 heavy (non-hydrogen) atoms. The molecule has 1 fully saturated rings. The maximum atomic E-state index is 13.6. The Hall–Kier alpha value is -1.82. The van der Waals surface area contributed by atoms with Gasteiger partial charge in [0.05, 0.1) is 19.8 Å². The normalized spacial score (nSPS) is 16.5. The third-order valence-corrected chi connectivity index (χ3v) is 3.07. The van der Waals surface area contributed by atoms with Crippen molar-refractivity contribution in [2.75, 3.05) is 31.7 Å². The molecule has 6 heteroatoms. The molecule has 0 aliphatic carbocycles. The molecular weight excluding hydrogens is 253 g/mol. The number of aliphatic carboxylic acids is 1. The molecule has 2 N–H and O–H groups in total. The van der Waals surface area contributed by atoms with E-state index in [9.17, 15) is 9.18 Å². The second-order valence-electron chi connectivity index (χ2n) is 4.51. The summed E-state index contributed by atoms with van der Waals surface area (Å²) in [7, 11) is 0. The molecule has 1 aromatic carbocycles. The Labute approximate surface area is 110 Å². The number of carboxylic acids is 1. The molecular formula is C13H16FNO4. The number of rotatable bonds is 6. The molecule has 0 aromatic heterocycles. The van der Waals surface area contributed by atoms with E-state index in [2.05, 4.69) is 5.32 Å². The Morgan fingerprint density at radius 2 is 2.32 bits per heavy atom. The fourth-order valence-corrected chi connectivity index (χ4v) is 1.80. The summed E-state index contributed by atoms with van der Waals surface area (Å²) >= 11 is 0. The van der Waals surface area contributed by atoms with Gasteiger partial charge in [0.1, 0.15) is 5.41 Å². The second-order valence-corrected chi connectivity index (χ2v) is 4.51. The van der Waals surface area contributed by atoms with Gasteiger partial charge in [-0.2, -0.15) is 0 Å². The largest absolute Gasteiger partial charge is 0.491 e. The molecule has 1 heterocycles. The molecule has 1 aliphatic rings. The van der Waals surface area contributed by atoms with Gasteiger partial charge in [0.2, 0.25) is 0 Å². The number of hydrogen-bond acceptors (Lipinski definition) is 4. The van der Waals surface area contributed by atoms with Gasteiger partial charge in [-0.3, -0.25) is 4.79 Å². The van der Waals surface area contributed by atoms with Gasteiger partial charge < -0.3 is 19.9 Å². The molecule has 0 saturated carbocycles. The first-order chi connectivity index (χ1) is 9.07. The van der Waals surface area contributed by atoms with Crippen molar-refractivity contribution in [1.82, 2.24) is 0 Å². The molecule has 1 aliphatic heterocycles. The highest BCUT2D eigenvalue weighted by Gasteiger charge is 2.46. The van der Waals surface area contributed by atoms with Crippen LogP contribution in [0.4, 0.5) is 10.1 Å². The molecule has 2 rings (SSSR count). The van der Waals surface area contributed by atoms with Crippen LogP contribution < -0.4 is 10.1 Å². The Balaban J connectivity index is 2.00. The predicted octanol–water partition coefficient (Wildman–Crippen LogP) is 1.74. The van der Waals surface area contributed by atoms with Crippen LogP contribution in [0.25, 0.3) is 0 Å². The lowest BCUT2D eigenvalue weighted by molar-refractivity contribution is -0.176. The molecule has 0 bridgehead atoms. The number of ether oxygens (including phenoxy) is 2. The smallest absolute Gasteiger partial charge is 0.316 e. The van der Waals surface area contributed by atoms with Crippen LogP contribution in [0.3, 0.4) is 0 Å². The minimum Gasteiger partial charge on any atom is -0.491 e. The van der Waals surface area contributed by atoms with Gasteiger partial charge >= 0.3 is 5.97 Å². The molecule has 1 aromatic rings. The van der Waals surface area contributed by atoms with E-state index in [0.717, 1.165) is 0 Å². The molecule has 0 spiro atoms. The van der Waals surface area contributed by atoms with Gasteiger partial charge in [-0.15, -0.1) is 0 Å². The fourth-order valence-electron chi connectivity index (χ4n) is 1.80. The first-order valence-electron chi connectivity index (χ1n) is 6.05. The van der Waals surface area contributed by atoms with E-state index in [0.29, 0.717) is 12.3 Å². The Bertz CT molecular complexity index is 474. The number of nitrogens with one attached hydrogen (secondary N) is 1. The standard InChI is InChI=1S/C13H16FNO4/c1-2-19-11-4-3-9(5-10(11)14)15-6-13(12(16)17)7-18-8-13/h3-5,15H,2,6-8H2,1H3,(H,16,17). The topological polar surface area (TPSA) is 67.8 Å². The van der Waals surface area contributed by atoms with E-state index in [1.807, 2.05) is 0 Å². The van der Waals surface area contributed by atoms with Gasteiger partial charge in [0, 0.05) is 18.3 Å². The first-order valence-corrected chi connectivity index (χ1v) is 6.05. The van der Waals surface area contributed by atoms with E-state index in [-0.39, 0.29) is 25.5 Å². The van der Waals surface area contributed by atoms with Crippen LogP contribution in [0.15, 0.2) is 18.2 Å². The summed E-state index contributed by atoms with van der Waals surface area (Å²) in [5, 5.41) is 12.0. The van der Waals surface area contributed by atoms with Gasteiger partial charge in [0.15, 0.2) is 11.6 Å². The predicted molar refractivity (Wildman–Crippen MR) is 66.9 cm³/mol. The lowest BCUT2D eigenvalue weighted by atomic mass is 9.86. The lowest BCUT2D eigenvalue weighted by Crippen LogP contribution is -2.53. The molecule has 0 unspecified atom stereocenters. The van der Waals surface area contributed by atoms with Crippen LogP contribution in [0, 0.1) is 11.2 Å². The van der Waals surface area contributed by atoms with Gasteiger partial charge in [-0.25, -0.2) is 4.39 Å². The van der Waals surface area contributed by atoms with Crippen LogP contribution in [0.5, 0.6) is 5.75 Å².